The number of nitrogens with zero attached hydrogens (tertiary/aromatic N) is 1. The summed E-state index contributed by atoms with van der Waals surface area (Å²) in [6, 6.07) is 0. The van der Waals surface area contributed by atoms with E-state index in [4.69, 9.17) is 0 Å². The lowest BCUT2D eigenvalue weighted by atomic mass is 9.75. The maximum Gasteiger partial charge on any atom is 0.225 e. The summed E-state index contributed by atoms with van der Waals surface area (Å²) in [6.45, 7) is 8.28. The highest BCUT2D eigenvalue weighted by atomic mass is 16.2. The summed E-state index contributed by atoms with van der Waals surface area (Å²) in [7, 11) is 0. The van der Waals surface area contributed by atoms with Crippen LogP contribution >= 0.6 is 0 Å². The molecule has 0 atom stereocenters. The monoisotopic (exact) mass is 253 g/mol. The first-order valence-corrected chi connectivity index (χ1v) is 7.42. The van der Waals surface area contributed by atoms with Crippen molar-refractivity contribution in [2.75, 3.05) is 39.3 Å². The molecule has 2 rings (SSSR count). The lowest BCUT2D eigenvalue weighted by Gasteiger charge is -2.33. The van der Waals surface area contributed by atoms with Crippen LogP contribution in [0.1, 0.15) is 39.0 Å². The minimum atomic E-state index is -0.0955. The number of carbonyl (C=O) groups excluding carboxylic acids is 1. The number of piperazine rings is 1. The van der Waals surface area contributed by atoms with Gasteiger partial charge in [0.2, 0.25) is 5.91 Å². The largest absolute Gasteiger partial charge is 0.354 e. The Hall–Kier alpha value is -0.610. The van der Waals surface area contributed by atoms with Crippen LogP contribution in [0.4, 0.5) is 0 Å². The van der Waals surface area contributed by atoms with Crippen molar-refractivity contribution in [3.8, 4) is 0 Å². The van der Waals surface area contributed by atoms with Crippen molar-refractivity contribution in [1.29, 1.82) is 0 Å². The smallest absolute Gasteiger partial charge is 0.225 e. The van der Waals surface area contributed by atoms with Crippen molar-refractivity contribution in [1.82, 2.24) is 15.5 Å². The molecule has 1 aliphatic heterocycles. The first-order valence-electron chi connectivity index (χ1n) is 7.42. The van der Waals surface area contributed by atoms with Gasteiger partial charge in [-0.25, -0.2) is 0 Å². The van der Waals surface area contributed by atoms with E-state index in [0.717, 1.165) is 52.1 Å². The van der Waals surface area contributed by atoms with Gasteiger partial charge >= 0.3 is 0 Å². The average Bonchev–Trinajstić information content (AvgIpc) is 2.41. The lowest BCUT2D eigenvalue weighted by Crippen LogP contribution is -2.48. The van der Waals surface area contributed by atoms with Crippen molar-refractivity contribution in [2.24, 2.45) is 5.41 Å². The molecule has 2 fully saturated rings. The Morgan fingerprint density at radius 3 is 2.56 bits per heavy atom. The van der Waals surface area contributed by atoms with Crippen LogP contribution < -0.4 is 10.6 Å². The Morgan fingerprint density at radius 2 is 1.89 bits per heavy atom. The molecule has 104 valence electrons. The van der Waals surface area contributed by atoms with E-state index in [-0.39, 0.29) is 11.3 Å². The fourth-order valence-electron chi connectivity index (χ4n) is 3.03. The molecule has 18 heavy (non-hydrogen) atoms. The van der Waals surface area contributed by atoms with Crippen LogP contribution in [-0.2, 0) is 4.79 Å². The van der Waals surface area contributed by atoms with Crippen LogP contribution in [-0.4, -0.2) is 50.1 Å². The fraction of sp³-hybridized carbons (Fsp3) is 0.929. The summed E-state index contributed by atoms with van der Waals surface area (Å²) in [5.41, 5.74) is -0.0955. The van der Waals surface area contributed by atoms with E-state index in [9.17, 15) is 4.79 Å². The summed E-state index contributed by atoms with van der Waals surface area (Å²) in [4.78, 5) is 14.6. The molecule has 1 heterocycles. The summed E-state index contributed by atoms with van der Waals surface area (Å²) < 4.78 is 0. The number of carbonyl (C=O) groups is 1. The maximum absolute atomic E-state index is 12.2. The maximum atomic E-state index is 12.2. The minimum Gasteiger partial charge on any atom is -0.354 e. The first-order chi connectivity index (χ1) is 8.71. The van der Waals surface area contributed by atoms with Crippen LogP contribution in [0, 0.1) is 5.41 Å². The summed E-state index contributed by atoms with van der Waals surface area (Å²) >= 11 is 0. The van der Waals surface area contributed by atoms with E-state index < -0.39 is 0 Å². The standard InChI is InChI=1S/C14H27N3O/c1-14(5-3-2-4-6-14)13(18)16-9-12-17-10-7-15-8-11-17/h15H,2-12H2,1H3,(H,16,18). The zero-order chi connectivity index (χ0) is 12.8. The second-order valence-electron chi connectivity index (χ2n) is 5.97. The van der Waals surface area contributed by atoms with Gasteiger partial charge in [-0.15, -0.1) is 0 Å². The van der Waals surface area contributed by atoms with Crippen molar-refractivity contribution in [3.05, 3.63) is 0 Å². The van der Waals surface area contributed by atoms with Crippen molar-refractivity contribution in [3.63, 3.8) is 0 Å². The van der Waals surface area contributed by atoms with Crippen molar-refractivity contribution < 1.29 is 4.79 Å². The first kappa shape index (κ1) is 13.8. The zero-order valence-electron chi connectivity index (χ0n) is 11.6. The van der Waals surface area contributed by atoms with E-state index in [0.29, 0.717) is 0 Å². The van der Waals surface area contributed by atoms with E-state index >= 15 is 0 Å². The highest BCUT2D eigenvalue weighted by Crippen LogP contribution is 2.35. The number of rotatable bonds is 4. The SMILES string of the molecule is CC1(C(=O)NCCN2CCNCC2)CCCCC1. The van der Waals surface area contributed by atoms with Gasteiger partial charge in [0.1, 0.15) is 0 Å². The number of amides is 1. The number of hydrogen-bond donors (Lipinski definition) is 2. The second-order valence-corrected chi connectivity index (χ2v) is 5.97. The quantitative estimate of drug-likeness (QED) is 0.785. The predicted molar refractivity (Wildman–Crippen MR) is 73.5 cm³/mol. The van der Waals surface area contributed by atoms with Crippen molar-refractivity contribution >= 4 is 5.91 Å². The second kappa shape index (κ2) is 6.53. The molecule has 1 aliphatic carbocycles. The third-order valence-electron chi connectivity index (χ3n) is 4.43. The van der Waals surface area contributed by atoms with Gasteiger partial charge in [-0.1, -0.05) is 26.2 Å². The molecule has 0 aromatic heterocycles. The zero-order valence-corrected chi connectivity index (χ0v) is 11.6. The lowest BCUT2D eigenvalue weighted by molar-refractivity contribution is -0.131. The molecule has 0 radical (unpaired) electrons. The molecule has 0 unspecified atom stereocenters. The highest BCUT2D eigenvalue weighted by molar-refractivity contribution is 5.82. The third kappa shape index (κ3) is 3.69. The van der Waals surface area contributed by atoms with E-state index in [1.54, 1.807) is 0 Å². The van der Waals surface area contributed by atoms with Crippen LogP contribution in [0.3, 0.4) is 0 Å². The topological polar surface area (TPSA) is 44.4 Å². The molecule has 2 aliphatic rings. The Labute approximate surface area is 110 Å². The van der Waals surface area contributed by atoms with Gasteiger partial charge in [0.15, 0.2) is 0 Å². The molecule has 4 heteroatoms. The minimum absolute atomic E-state index is 0.0955. The Kier molecular flexibility index (Phi) is 5.01. The summed E-state index contributed by atoms with van der Waals surface area (Å²) in [5, 5.41) is 6.48. The molecule has 0 aromatic carbocycles. The Morgan fingerprint density at radius 1 is 1.22 bits per heavy atom. The van der Waals surface area contributed by atoms with Gasteiger partial charge in [0.05, 0.1) is 0 Å². The molecule has 1 saturated heterocycles. The van der Waals surface area contributed by atoms with Gasteiger partial charge in [0, 0.05) is 44.7 Å². The highest BCUT2D eigenvalue weighted by Gasteiger charge is 2.34. The number of nitrogens with one attached hydrogen (secondary N) is 2. The van der Waals surface area contributed by atoms with E-state index in [1.807, 2.05) is 0 Å². The molecule has 1 amide bonds. The number of hydrogen-bond acceptors (Lipinski definition) is 3. The molecule has 4 nitrogen and oxygen atoms in total. The van der Waals surface area contributed by atoms with Crippen LogP contribution in [0.25, 0.3) is 0 Å². The van der Waals surface area contributed by atoms with Gasteiger partial charge in [-0.05, 0) is 12.8 Å². The normalized spacial score (nSPS) is 24.7. The molecule has 0 aromatic rings. The third-order valence-corrected chi connectivity index (χ3v) is 4.43. The van der Waals surface area contributed by atoms with E-state index in [2.05, 4.69) is 22.5 Å². The molecular weight excluding hydrogens is 226 g/mol. The predicted octanol–water partition coefficient (Wildman–Crippen LogP) is 0.978. The van der Waals surface area contributed by atoms with Crippen LogP contribution in [0.2, 0.25) is 0 Å². The molecular formula is C14H27N3O. The van der Waals surface area contributed by atoms with Gasteiger partial charge in [0.25, 0.3) is 0 Å². The van der Waals surface area contributed by atoms with Crippen molar-refractivity contribution in [2.45, 2.75) is 39.0 Å². The Balaban J connectivity index is 1.67. The molecule has 2 N–H and O–H groups in total. The van der Waals surface area contributed by atoms with E-state index in [1.165, 1.54) is 19.3 Å². The van der Waals surface area contributed by atoms with Crippen LogP contribution in [0.15, 0.2) is 0 Å². The Bertz CT molecular complexity index is 268. The van der Waals surface area contributed by atoms with Gasteiger partial charge in [-0.2, -0.15) is 0 Å². The fourth-order valence-corrected chi connectivity index (χ4v) is 3.03. The van der Waals surface area contributed by atoms with Gasteiger partial charge in [-0.3, -0.25) is 9.69 Å². The average molecular weight is 253 g/mol. The molecule has 0 spiro atoms. The summed E-state index contributed by atoms with van der Waals surface area (Å²) in [6.07, 6.45) is 5.84. The van der Waals surface area contributed by atoms with Crippen LogP contribution in [0.5, 0.6) is 0 Å². The van der Waals surface area contributed by atoms with Gasteiger partial charge < -0.3 is 10.6 Å². The summed E-state index contributed by atoms with van der Waals surface area (Å²) in [5.74, 6) is 0.275. The molecule has 1 saturated carbocycles. The molecule has 0 bridgehead atoms.